The zero-order valence-corrected chi connectivity index (χ0v) is 14.4. The number of sulfonamides is 1. The number of hydrogen-bond donors (Lipinski definition) is 3. The molecule has 0 unspecified atom stereocenters. The summed E-state index contributed by atoms with van der Waals surface area (Å²) in [4.78, 5) is 4.30. The average Bonchev–Trinajstić information content (AvgIpc) is 2.58. The number of rotatable bonds is 6. The highest BCUT2D eigenvalue weighted by atomic mass is 32.2. The van der Waals surface area contributed by atoms with Crippen LogP contribution >= 0.6 is 0 Å². The number of hydrogen-bond acceptors (Lipinski definition) is 3. The monoisotopic (exact) mass is 346 g/mol. The molecule has 0 aromatic heterocycles. The third kappa shape index (κ3) is 5.68. The second-order valence-electron chi connectivity index (χ2n) is 5.28. The van der Waals surface area contributed by atoms with Crippen LogP contribution in [0.25, 0.3) is 0 Å². The second kappa shape index (κ2) is 8.47. The van der Waals surface area contributed by atoms with Crippen molar-refractivity contribution in [2.24, 2.45) is 10.1 Å². The largest absolute Gasteiger partial charge is 0.356 e. The normalized spacial score (nSPS) is 12.0. The first-order valence-corrected chi connectivity index (χ1v) is 9.14. The lowest BCUT2D eigenvalue weighted by atomic mass is 10.1. The minimum Gasteiger partial charge on any atom is -0.356 e. The first-order chi connectivity index (χ1) is 11.5. The fourth-order valence-corrected chi connectivity index (χ4v) is 2.69. The van der Waals surface area contributed by atoms with Crippen LogP contribution in [-0.4, -0.2) is 28.0 Å². The molecule has 0 aliphatic rings. The van der Waals surface area contributed by atoms with E-state index in [-0.39, 0.29) is 4.90 Å². The molecule has 4 N–H and O–H groups in total. The standard InChI is InChI=1S/C17H22N4O2S/c1-19-17(21-13-15-5-3-2-4-6-15)20-12-11-14-7-9-16(10-8-14)24(18,22)23/h2-10H,11-13H2,1H3,(H2,18,22,23)(H2,19,20,21). The molecule has 0 aliphatic heterocycles. The van der Waals surface area contributed by atoms with Gasteiger partial charge in [0.15, 0.2) is 5.96 Å². The highest BCUT2D eigenvalue weighted by molar-refractivity contribution is 7.89. The van der Waals surface area contributed by atoms with Gasteiger partial charge >= 0.3 is 0 Å². The molecular formula is C17H22N4O2S. The van der Waals surface area contributed by atoms with E-state index < -0.39 is 10.0 Å². The third-order valence-electron chi connectivity index (χ3n) is 3.48. The fourth-order valence-electron chi connectivity index (χ4n) is 2.17. The van der Waals surface area contributed by atoms with Crippen molar-refractivity contribution in [3.05, 3.63) is 65.7 Å². The molecule has 0 saturated carbocycles. The average molecular weight is 346 g/mol. The van der Waals surface area contributed by atoms with Crippen LogP contribution in [-0.2, 0) is 23.0 Å². The predicted octanol–water partition coefficient (Wildman–Crippen LogP) is 1.24. The van der Waals surface area contributed by atoms with E-state index in [1.165, 1.54) is 17.7 Å². The van der Waals surface area contributed by atoms with Crippen molar-refractivity contribution in [2.45, 2.75) is 17.9 Å². The van der Waals surface area contributed by atoms with Gasteiger partial charge in [0, 0.05) is 20.1 Å². The maximum absolute atomic E-state index is 11.2. The highest BCUT2D eigenvalue weighted by Crippen LogP contribution is 2.08. The van der Waals surface area contributed by atoms with Gasteiger partial charge in [-0.3, -0.25) is 4.99 Å². The zero-order valence-electron chi connectivity index (χ0n) is 13.6. The van der Waals surface area contributed by atoms with Crippen molar-refractivity contribution >= 4 is 16.0 Å². The first kappa shape index (κ1) is 18.0. The van der Waals surface area contributed by atoms with Gasteiger partial charge in [0.05, 0.1) is 4.90 Å². The van der Waals surface area contributed by atoms with Crippen LogP contribution in [0.4, 0.5) is 0 Å². The Labute approximate surface area is 142 Å². The van der Waals surface area contributed by atoms with Crippen LogP contribution in [0.15, 0.2) is 64.5 Å². The zero-order chi connectivity index (χ0) is 17.4. The molecule has 7 heteroatoms. The van der Waals surface area contributed by atoms with E-state index >= 15 is 0 Å². The topological polar surface area (TPSA) is 96.6 Å². The van der Waals surface area contributed by atoms with Crippen molar-refractivity contribution in [1.29, 1.82) is 0 Å². The number of nitrogens with one attached hydrogen (secondary N) is 2. The summed E-state index contributed by atoms with van der Waals surface area (Å²) in [6.07, 6.45) is 0.747. The third-order valence-corrected chi connectivity index (χ3v) is 4.41. The van der Waals surface area contributed by atoms with Gasteiger partial charge in [0.2, 0.25) is 10.0 Å². The van der Waals surface area contributed by atoms with Gasteiger partial charge in [-0.25, -0.2) is 13.6 Å². The van der Waals surface area contributed by atoms with Crippen LogP contribution in [0, 0.1) is 0 Å². The van der Waals surface area contributed by atoms with Crippen molar-refractivity contribution < 1.29 is 8.42 Å². The van der Waals surface area contributed by atoms with E-state index in [0.29, 0.717) is 13.1 Å². The van der Waals surface area contributed by atoms with Crippen molar-refractivity contribution in [3.8, 4) is 0 Å². The number of primary sulfonamides is 1. The Morgan fingerprint density at radius 2 is 1.67 bits per heavy atom. The van der Waals surface area contributed by atoms with Gasteiger partial charge in [0.25, 0.3) is 0 Å². The Bertz CT molecular complexity index is 772. The number of benzene rings is 2. The number of nitrogens with two attached hydrogens (primary N) is 1. The molecule has 0 fully saturated rings. The summed E-state index contributed by atoms with van der Waals surface area (Å²) in [5.41, 5.74) is 2.20. The molecule has 0 bridgehead atoms. The minimum atomic E-state index is -3.64. The Hall–Kier alpha value is -2.38. The highest BCUT2D eigenvalue weighted by Gasteiger charge is 2.06. The Morgan fingerprint density at radius 3 is 2.25 bits per heavy atom. The summed E-state index contributed by atoms with van der Waals surface area (Å²) in [6.45, 7) is 1.38. The molecule has 0 saturated heterocycles. The van der Waals surface area contributed by atoms with Gasteiger partial charge in [-0.15, -0.1) is 0 Å². The Kier molecular flexibility index (Phi) is 6.34. The van der Waals surface area contributed by atoms with Gasteiger partial charge in [-0.1, -0.05) is 42.5 Å². The van der Waals surface area contributed by atoms with E-state index in [0.717, 1.165) is 17.9 Å². The summed E-state index contributed by atoms with van der Waals surface area (Å²) in [7, 11) is -1.91. The first-order valence-electron chi connectivity index (χ1n) is 7.59. The molecule has 0 spiro atoms. The summed E-state index contributed by atoms with van der Waals surface area (Å²) in [5, 5.41) is 11.6. The van der Waals surface area contributed by atoms with Crippen LogP contribution < -0.4 is 15.8 Å². The number of guanidine groups is 1. The van der Waals surface area contributed by atoms with Crippen LogP contribution in [0.5, 0.6) is 0 Å². The van der Waals surface area contributed by atoms with Gasteiger partial charge < -0.3 is 10.6 Å². The maximum atomic E-state index is 11.2. The Balaban J connectivity index is 1.79. The SMILES string of the molecule is CN=C(NCCc1ccc(S(N)(=O)=O)cc1)NCc1ccccc1. The van der Waals surface area contributed by atoms with E-state index in [9.17, 15) is 8.42 Å². The molecule has 2 aromatic carbocycles. The van der Waals surface area contributed by atoms with E-state index in [2.05, 4.69) is 15.6 Å². The van der Waals surface area contributed by atoms with E-state index in [1.54, 1.807) is 19.2 Å². The minimum absolute atomic E-state index is 0.125. The summed E-state index contributed by atoms with van der Waals surface area (Å²) in [5.74, 6) is 0.722. The lowest BCUT2D eigenvalue weighted by Gasteiger charge is -2.12. The lowest BCUT2D eigenvalue weighted by Crippen LogP contribution is -2.37. The summed E-state index contributed by atoms with van der Waals surface area (Å²) in [6, 6.07) is 16.7. The molecule has 0 heterocycles. The molecular weight excluding hydrogens is 324 g/mol. The van der Waals surface area contributed by atoms with Crippen LogP contribution in [0.3, 0.4) is 0 Å². The van der Waals surface area contributed by atoms with Gasteiger partial charge in [0.1, 0.15) is 0 Å². The second-order valence-corrected chi connectivity index (χ2v) is 6.84. The number of aliphatic imine (C=N–C) groups is 1. The van der Waals surface area contributed by atoms with Gasteiger partial charge in [-0.2, -0.15) is 0 Å². The molecule has 0 radical (unpaired) electrons. The van der Waals surface area contributed by atoms with E-state index in [1.807, 2.05) is 30.3 Å². The smallest absolute Gasteiger partial charge is 0.238 e. The quantitative estimate of drug-likeness (QED) is 0.542. The molecule has 2 rings (SSSR count). The fraction of sp³-hybridized carbons (Fsp3) is 0.235. The van der Waals surface area contributed by atoms with Crippen molar-refractivity contribution in [1.82, 2.24) is 10.6 Å². The molecule has 0 amide bonds. The summed E-state index contributed by atoms with van der Waals surface area (Å²) >= 11 is 0. The Morgan fingerprint density at radius 1 is 1.00 bits per heavy atom. The lowest BCUT2D eigenvalue weighted by molar-refractivity contribution is 0.598. The number of nitrogens with zero attached hydrogens (tertiary/aromatic N) is 1. The molecule has 6 nitrogen and oxygen atoms in total. The predicted molar refractivity (Wildman–Crippen MR) is 96.2 cm³/mol. The van der Waals surface area contributed by atoms with Crippen LogP contribution in [0.1, 0.15) is 11.1 Å². The molecule has 0 atom stereocenters. The van der Waals surface area contributed by atoms with Crippen LogP contribution in [0.2, 0.25) is 0 Å². The maximum Gasteiger partial charge on any atom is 0.238 e. The molecule has 2 aromatic rings. The molecule has 128 valence electrons. The molecule has 0 aliphatic carbocycles. The van der Waals surface area contributed by atoms with Gasteiger partial charge in [-0.05, 0) is 29.7 Å². The molecule has 24 heavy (non-hydrogen) atoms. The van der Waals surface area contributed by atoms with Crippen molar-refractivity contribution in [2.75, 3.05) is 13.6 Å². The summed E-state index contributed by atoms with van der Waals surface area (Å²) < 4.78 is 22.4. The van der Waals surface area contributed by atoms with Crippen molar-refractivity contribution in [3.63, 3.8) is 0 Å². The van der Waals surface area contributed by atoms with E-state index in [4.69, 9.17) is 5.14 Å².